The van der Waals surface area contributed by atoms with Gasteiger partial charge in [0, 0.05) is 24.7 Å². The van der Waals surface area contributed by atoms with Crippen molar-refractivity contribution in [3.8, 4) is 0 Å². The second-order valence-corrected chi connectivity index (χ2v) is 7.82. The number of piperidine rings is 1. The highest BCUT2D eigenvalue weighted by molar-refractivity contribution is 4.97. The molecule has 2 nitrogen and oxygen atoms in total. The highest BCUT2D eigenvalue weighted by Gasteiger charge is 2.42. The summed E-state index contributed by atoms with van der Waals surface area (Å²) in [4.78, 5) is 2.92. The lowest BCUT2D eigenvalue weighted by atomic mass is 9.72. The number of nitrogens with one attached hydrogen (secondary N) is 1. The molecule has 2 saturated carbocycles. The van der Waals surface area contributed by atoms with E-state index in [0.29, 0.717) is 5.41 Å². The average molecular weight is 264 g/mol. The van der Waals surface area contributed by atoms with Crippen LogP contribution in [0.1, 0.15) is 71.6 Å². The summed E-state index contributed by atoms with van der Waals surface area (Å²) in [6, 6.07) is 2.54. The van der Waals surface area contributed by atoms with E-state index in [-0.39, 0.29) is 0 Å². The first-order chi connectivity index (χ1) is 9.17. The summed E-state index contributed by atoms with van der Waals surface area (Å²) in [5.41, 5.74) is 0.537. The summed E-state index contributed by atoms with van der Waals surface area (Å²) >= 11 is 0. The molecular weight excluding hydrogens is 232 g/mol. The van der Waals surface area contributed by atoms with Gasteiger partial charge in [-0.05, 0) is 50.5 Å². The molecule has 1 heterocycles. The van der Waals surface area contributed by atoms with E-state index in [0.717, 1.165) is 18.1 Å². The highest BCUT2D eigenvalue weighted by Crippen LogP contribution is 2.43. The first kappa shape index (κ1) is 13.9. The van der Waals surface area contributed by atoms with E-state index >= 15 is 0 Å². The van der Waals surface area contributed by atoms with Gasteiger partial charge in [-0.15, -0.1) is 0 Å². The maximum Gasteiger partial charge on any atom is 0.0195 e. The topological polar surface area (TPSA) is 15.3 Å². The van der Waals surface area contributed by atoms with E-state index in [1.807, 2.05) is 0 Å². The van der Waals surface area contributed by atoms with Gasteiger partial charge in [0.25, 0.3) is 0 Å². The van der Waals surface area contributed by atoms with Crippen LogP contribution in [0.5, 0.6) is 0 Å². The minimum atomic E-state index is 0.537. The normalized spacial score (nSPS) is 35.5. The summed E-state index contributed by atoms with van der Waals surface area (Å²) in [5.74, 6) is 0. The van der Waals surface area contributed by atoms with Gasteiger partial charge in [-0.1, -0.05) is 33.1 Å². The van der Waals surface area contributed by atoms with Crippen molar-refractivity contribution >= 4 is 0 Å². The second-order valence-electron chi connectivity index (χ2n) is 7.82. The predicted octanol–water partition coefficient (Wildman–Crippen LogP) is 3.56. The van der Waals surface area contributed by atoms with Crippen LogP contribution >= 0.6 is 0 Å². The van der Waals surface area contributed by atoms with Crippen molar-refractivity contribution < 1.29 is 0 Å². The zero-order valence-electron chi connectivity index (χ0n) is 13.0. The zero-order chi connectivity index (χ0) is 13.3. The third-order valence-corrected chi connectivity index (χ3v) is 5.71. The molecular formula is C17H32N2. The molecule has 0 amide bonds. The Balaban J connectivity index is 1.65. The Morgan fingerprint density at radius 2 is 1.79 bits per heavy atom. The van der Waals surface area contributed by atoms with Crippen LogP contribution in [-0.4, -0.2) is 36.1 Å². The summed E-state index contributed by atoms with van der Waals surface area (Å²) in [6.45, 7) is 7.59. The lowest BCUT2D eigenvalue weighted by Crippen LogP contribution is -2.53. The van der Waals surface area contributed by atoms with Crippen molar-refractivity contribution in [1.82, 2.24) is 10.2 Å². The molecule has 110 valence electrons. The summed E-state index contributed by atoms with van der Waals surface area (Å²) in [6.07, 6.45) is 12.9. The van der Waals surface area contributed by atoms with Crippen LogP contribution in [0.3, 0.4) is 0 Å². The van der Waals surface area contributed by atoms with Gasteiger partial charge < -0.3 is 5.32 Å². The van der Waals surface area contributed by atoms with Crippen LogP contribution in [0.25, 0.3) is 0 Å². The maximum atomic E-state index is 3.76. The summed E-state index contributed by atoms with van der Waals surface area (Å²) in [5, 5.41) is 3.76. The SMILES string of the molecule is CC1(C)CCCCC1N(CC1CCCCN1)C1CC1. The van der Waals surface area contributed by atoms with Gasteiger partial charge in [0.05, 0.1) is 0 Å². The van der Waals surface area contributed by atoms with Crippen molar-refractivity contribution in [2.75, 3.05) is 13.1 Å². The van der Waals surface area contributed by atoms with Gasteiger partial charge in [-0.3, -0.25) is 4.90 Å². The number of nitrogens with zero attached hydrogens (tertiary/aromatic N) is 1. The standard InChI is InChI=1S/C17H32N2/c1-17(2)11-5-3-8-16(17)19(15-9-10-15)13-14-7-4-6-12-18-14/h14-16,18H,3-13H2,1-2H3. The zero-order valence-corrected chi connectivity index (χ0v) is 13.0. The second kappa shape index (κ2) is 5.73. The van der Waals surface area contributed by atoms with E-state index in [1.165, 1.54) is 70.9 Å². The Hall–Kier alpha value is -0.0800. The minimum Gasteiger partial charge on any atom is -0.313 e. The van der Waals surface area contributed by atoms with Crippen molar-refractivity contribution in [2.24, 2.45) is 5.41 Å². The van der Waals surface area contributed by atoms with Crippen LogP contribution < -0.4 is 5.32 Å². The van der Waals surface area contributed by atoms with Gasteiger partial charge in [0.2, 0.25) is 0 Å². The van der Waals surface area contributed by atoms with E-state index < -0.39 is 0 Å². The Bertz CT molecular complexity index is 290. The fraction of sp³-hybridized carbons (Fsp3) is 1.00. The molecule has 1 saturated heterocycles. The third kappa shape index (κ3) is 3.33. The Morgan fingerprint density at radius 3 is 2.42 bits per heavy atom. The molecule has 3 fully saturated rings. The van der Waals surface area contributed by atoms with E-state index in [4.69, 9.17) is 0 Å². The Morgan fingerprint density at radius 1 is 1.00 bits per heavy atom. The van der Waals surface area contributed by atoms with Crippen molar-refractivity contribution in [3.05, 3.63) is 0 Å². The van der Waals surface area contributed by atoms with Crippen LogP contribution in [0, 0.1) is 5.41 Å². The number of hydrogen-bond donors (Lipinski definition) is 1. The maximum absolute atomic E-state index is 3.76. The summed E-state index contributed by atoms with van der Waals surface area (Å²) < 4.78 is 0. The molecule has 3 rings (SSSR count). The molecule has 0 aromatic rings. The Labute approximate surface area is 119 Å². The monoisotopic (exact) mass is 264 g/mol. The largest absolute Gasteiger partial charge is 0.313 e. The van der Waals surface area contributed by atoms with Gasteiger partial charge in [-0.25, -0.2) is 0 Å². The summed E-state index contributed by atoms with van der Waals surface area (Å²) in [7, 11) is 0. The smallest absolute Gasteiger partial charge is 0.0195 e. The molecule has 0 aromatic carbocycles. The predicted molar refractivity (Wildman–Crippen MR) is 81.4 cm³/mol. The molecule has 1 aliphatic heterocycles. The average Bonchev–Trinajstić information content (AvgIpc) is 3.22. The van der Waals surface area contributed by atoms with Crippen LogP contribution in [0.2, 0.25) is 0 Å². The van der Waals surface area contributed by atoms with E-state index in [2.05, 4.69) is 24.1 Å². The lowest BCUT2D eigenvalue weighted by molar-refractivity contribution is 0.0337. The van der Waals surface area contributed by atoms with Gasteiger partial charge >= 0.3 is 0 Å². The fourth-order valence-electron chi connectivity index (χ4n) is 4.36. The molecule has 3 aliphatic rings. The van der Waals surface area contributed by atoms with Crippen molar-refractivity contribution in [3.63, 3.8) is 0 Å². The minimum absolute atomic E-state index is 0.537. The number of hydrogen-bond acceptors (Lipinski definition) is 2. The van der Waals surface area contributed by atoms with Crippen molar-refractivity contribution in [2.45, 2.75) is 89.8 Å². The molecule has 0 radical (unpaired) electrons. The third-order valence-electron chi connectivity index (χ3n) is 5.71. The fourth-order valence-corrected chi connectivity index (χ4v) is 4.36. The first-order valence-electron chi connectivity index (χ1n) is 8.66. The van der Waals surface area contributed by atoms with Gasteiger partial charge in [0.1, 0.15) is 0 Å². The Kier molecular flexibility index (Phi) is 4.19. The molecule has 0 spiro atoms. The highest BCUT2D eigenvalue weighted by atomic mass is 15.2. The lowest BCUT2D eigenvalue weighted by Gasteiger charge is -2.47. The molecule has 2 aliphatic carbocycles. The molecule has 1 N–H and O–H groups in total. The quantitative estimate of drug-likeness (QED) is 0.835. The number of rotatable bonds is 4. The molecule has 0 bridgehead atoms. The molecule has 2 unspecified atom stereocenters. The van der Waals surface area contributed by atoms with E-state index in [1.54, 1.807) is 0 Å². The molecule has 2 heteroatoms. The van der Waals surface area contributed by atoms with Crippen molar-refractivity contribution in [1.29, 1.82) is 0 Å². The van der Waals surface area contributed by atoms with E-state index in [9.17, 15) is 0 Å². The van der Waals surface area contributed by atoms with Gasteiger partial charge in [0.15, 0.2) is 0 Å². The van der Waals surface area contributed by atoms with Crippen LogP contribution in [-0.2, 0) is 0 Å². The molecule has 19 heavy (non-hydrogen) atoms. The first-order valence-corrected chi connectivity index (χ1v) is 8.66. The molecule has 0 aromatic heterocycles. The van der Waals surface area contributed by atoms with Crippen LogP contribution in [0.15, 0.2) is 0 Å². The van der Waals surface area contributed by atoms with Crippen LogP contribution in [0.4, 0.5) is 0 Å². The molecule has 2 atom stereocenters. The van der Waals surface area contributed by atoms with Gasteiger partial charge in [-0.2, -0.15) is 0 Å².